The van der Waals surface area contributed by atoms with Crippen molar-refractivity contribution >= 4 is 29.3 Å². The van der Waals surface area contributed by atoms with Gasteiger partial charge in [-0.25, -0.2) is 14.8 Å². The molecule has 1 fully saturated rings. The van der Waals surface area contributed by atoms with Crippen LogP contribution in [0.5, 0.6) is 0 Å². The maximum atomic E-state index is 12.2. The molecule has 30 heavy (non-hydrogen) atoms. The van der Waals surface area contributed by atoms with Crippen LogP contribution < -0.4 is 15.8 Å². The third kappa shape index (κ3) is 4.71. The van der Waals surface area contributed by atoms with Gasteiger partial charge in [-0.2, -0.15) is 0 Å². The molecule has 2 N–H and O–H groups in total. The molecule has 158 valence electrons. The Bertz CT molecular complexity index is 916. The highest BCUT2D eigenvalue weighted by Gasteiger charge is 2.30. The summed E-state index contributed by atoms with van der Waals surface area (Å²) >= 11 is 0. The SMILES string of the molecule is CCOC(=O)N1CCN(c2ncnc(NNC(=O)c3ccccc3)c2[N+](=O)[O-])CC1. The van der Waals surface area contributed by atoms with Crippen molar-refractivity contribution in [3.8, 4) is 0 Å². The van der Waals surface area contributed by atoms with E-state index in [2.05, 4.69) is 20.8 Å². The van der Waals surface area contributed by atoms with Crippen molar-refractivity contribution in [2.45, 2.75) is 6.92 Å². The molecule has 0 atom stereocenters. The van der Waals surface area contributed by atoms with Crippen LogP contribution in [0.15, 0.2) is 36.7 Å². The summed E-state index contributed by atoms with van der Waals surface area (Å²) in [6, 6.07) is 8.40. The number of rotatable bonds is 6. The maximum Gasteiger partial charge on any atom is 0.409 e. The Hall–Kier alpha value is -3.96. The number of hydrogen-bond acceptors (Lipinski definition) is 9. The van der Waals surface area contributed by atoms with Gasteiger partial charge in [0.15, 0.2) is 0 Å². The van der Waals surface area contributed by atoms with Crippen molar-refractivity contribution in [2.24, 2.45) is 0 Å². The van der Waals surface area contributed by atoms with E-state index >= 15 is 0 Å². The minimum absolute atomic E-state index is 0.106. The van der Waals surface area contributed by atoms with E-state index in [9.17, 15) is 19.7 Å². The predicted octanol–water partition coefficient (Wildman–Crippen LogP) is 1.42. The number of hydrogen-bond donors (Lipinski definition) is 2. The van der Waals surface area contributed by atoms with E-state index in [0.29, 0.717) is 31.7 Å². The van der Waals surface area contributed by atoms with Crippen LogP contribution in [0.1, 0.15) is 17.3 Å². The highest BCUT2D eigenvalue weighted by molar-refractivity contribution is 5.95. The van der Waals surface area contributed by atoms with Gasteiger partial charge in [0.1, 0.15) is 6.33 Å². The molecule has 0 unspecified atom stereocenters. The first-order chi connectivity index (χ1) is 14.5. The molecule has 1 aliphatic rings. The summed E-state index contributed by atoms with van der Waals surface area (Å²) in [4.78, 5) is 46.3. The zero-order valence-electron chi connectivity index (χ0n) is 16.3. The molecule has 0 saturated carbocycles. The number of carbonyl (C=O) groups is 2. The number of aromatic nitrogens is 2. The molecule has 0 radical (unpaired) electrons. The molecule has 0 aliphatic carbocycles. The van der Waals surface area contributed by atoms with Gasteiger partial charge in [-0.05, 0) is 19.1 Å². The summed E-state index contributed by atoms with van der Waals surface area (Å²) < 4.78 is 4.98. The summed E-state index contributed by atoms with van der Waals surface area (Å²) in [7, 11) is 0. The first-order valence-corrected chi connectivity index (χ1v) is 9.28. The second-order valence-corrected chi connectivity index (χ2v) is 6.27. The average Bonchev–Trinajstić information content (AvgIpc) is 2.78. The normalized spacial score (nSPS) is 13.5. The molecule has 3 rings (SSSR count). The number of carbonyl (C=O) groups excluding carboxylic acids is 2. The van der Waals surface area contributed by atoms with Crippen LogP contribution >= 0.6 is 0 Å². The third-order valence-electron chi connectivity index (χ3n) is 4.42. The summed E-state index contributed by atoms with van der Waals surface area (Å²) in [6.07, 6.45) is 0.761. The van der Waals surface area contributed by atoms with Crippen LogP contribution in [-0.4, -0.2) is 64.6 Å². The van der Waals surface area contributed by atoms with Crippen molar-refractivity contribution in [3.63, 3.8) is 0 Å². The molecule has 2 heterocycles. The van der Waals surface area contributed by atoms with Crippen molar-refractivity contribution in [3.05, 3.63) is 52.3 Å². The van der Waals surface area contributed by atoms with Gasteiger partial charge in [0.05, 0.1) is 11.5 Å². The smallest absolute Gasteiger partial charge is 0.409 e. The molecule has 2 aromatic rings. The van der Waals surface area contributed by atoms with Crippen LogP contribution in [0.2, 0.25) is 0 Å². The molecule has 12 nitrogen and oxygen atoms in total. The Kier molecular flexibility index (Phi) is 6.57. The largest absolute Gasteiger partial charge is 0.450 e. The number of anilines is 2. The van der Waals surface area contributed by atoms with Crippen molar-refractivity contribution in [1.82, 2.24) is 20.3 Å². The number of piperazine rings is 1. The fourth-order valence-electron chi connectivity index (χ4n) is 2.95. The van der Waals surface area contributed by atoms with E-state index in [1.807, 2.05) is 0 Å². The molecule has 1 aromatic heterocycles. The highest BCUT2D eigenvalue weighted by atomic mass is 16.6. The first-order valence-electron chi connectivity index (χ1n) is 9.28. The molecule has 0 spiro atoms. The molecule has 2 amide bonds. The summed E-state index contributed by atoms with van der Waals surface area (Å²) in [5.41, 5.74) is 4.94. The Labute approximate surface area is 172 Å². The minimum Gasteiger partial charge on any atom is -0.450 e. The maximum absolute atomic E-state index is 12.2. The highest BCUT2D eigenvalue weighted by Crippen LogP contribution is 2.32. The number of amides is 2. The van der Waals surface area contributed by atoms with E-state index in [1.54, 1.807) is 42.2 Å². The molecule has 1 saturated heterocycles. The van der Waals surface area contributed by atoms with Gasteiger partial charge in [0, 0.05) is 31.7 Å². The summed E-state index contributed by atoms with van der Waals surface area (Å²) in [6.45, 7) is 3.36. The van der Waals surface area contributed by atoms with E-state index in [4.69, 9.17) is 4.74 Å². The monoisotopic (exact) mass is 415 g/mol. The first kappa shape index (κ1) is 20.8. The molecule has 12 heteroatoms. The lowest BCUT2D eigenvalue weighted by Crippen LogP contribution is -2.49. The van der Waals surface area contributed by atoms with E-state index < -0.39 is 16.9 Å². The number of nitro groups is 1. The lowest BCUT2D eigenvalue weighted by atomic mass is 10.2. The number of hydrazine groups is 1. The molecule has 0 bridgehead atoms. The quantitative estimate of drug-likeness (QED) is 0.529. The standard InChI is InChI=1S/C18H21N7O5/c1-2-30-18(27)24-10-8-23(9-11-24)16-14(25(28)29)15(19-12-20-16)21-22-17(26)13-6-4-3-5-7-13/h3-7,12H,2,8-11H2,1H3,(H,22,26)(H,19,20,21). The Morgan fingerprint density at radius 3 is 2.50 bits per heavy atom. The zero-order chi connectivity index (χ0) is 21.5. The van der Waals surface area contributed by atoms with Crippen molar-refractivity contribution in [1.29, 1.82) is 0 Å². The minimum atomic E-state index is -0.607. The Morgan fingerprint density at radius 2 is 1.87 bits per heavy atom. The fourth-order valence-corrected chi connectivity index (χ4v) is 2.95. The van der Waals surface area contributed by atoms with Gasteiger partial charge in [-0.15, -0.1) is 0 Å². The van der Waals surface area contributed by atoms with Gasteiger partial charge >= 0.3 is 11.8 Å². The van der Waals surface area contributed by atoms with Gasteiger partial charge in [0.2, 0.25) is 11.6 Å². The van der Waals surface area contributed by atoms with Crippen molar-refractivity contribution in [2.75, 3.05) is 43.1 Å². The van der Waals surface area contributed by atoms with Crippen LogP contribution in [0.3, 0.4) is 0 Å². The van der Waals surface area contributed by atoms with Crippen LogP contribution in [0.25, 0.3) is 0 Å². The van der Waals surface area contributed by atoms with Gasteiger partial charge in [-0.3, -0.25) is 25.8 Å². The van der Waals surface area contributed by atoms with Crippen LogP contribution in [0.4, 0.5) is 22.1 Å². The van der Waals surface area contributed by atoms with Gasteiger partial charge in [0.25, 0.3) is 5.91 Å². The Balaban J connectivity index is 1.73. The fraction of sp³-hybridized carbons (Fsp3) is 0.333. The zero-order valence-corrected chi connectivity index (χ0v) is 16.3. The average molecular weight is 415 g/mol. The molecular weight excluding hydrogens is 394 g/mol. The summed E-state index contributed by atoms with van der Waals surface area (Å²) in [5, 5.41) is 11.7. The van der Waals surface area contributed by atoms with E-state index in [-0.39, 0.29) is 23.9 Å². The predicted molar refractivity (Wildman–Crippen MR) is 107 cm³/mol. The van der Waals surface area contributed by atoms with Crippen LogP contribution in [0, 0.1) is 10.1 Å². The van der Waals surface area contributed by atoms with Gasteiger partial charge in [-0.1, -0.05) is 18.2 Å². The second kappa shape index (κ2) is 9.49. The number of benzene rings is 1. The van der Waals surface area contributed by atoms with Crippen LogP contribution in [-0.2, 0) is 4.74 Å². The Morgan fingerprint density at radius 1 is 1.17 bits per heavy atom. The topological polar surface area (TPSA) is 143 Å². The number of ether oxygens (including phenoxy) is 1. The molecular formula is C18H21N7O5. The number of nitrogens with zero attached hydrogens (tertiary/aromatic N) is 5. The number of nitrogens with one attached hydrogen (secondary N) is 2. The van der Waals surface area contributed by atoms with E-state index in [1.165, 1.54) is 11.2 Å². The lowest BCUT2D eigenvalue weighted by molar-refractivity contribution is -0.383. The molecule has 1 aromatic carbocycles. The second-order valence-electron chi connectivity index (χ2n) is 6.27. The lowest BCUT2D eigenvalue weighted by Gasteiger charge is -2.34. The van der Waals surface area contributed by atoms with E-state index in [0.717, 1.165) is 0 Å². The van der Waals surface area contributed by atoms with Gasteiger partial charge < -0.3 is 14.5 Å². The third-order valence-corrected chi connectivity index (χ3v) is 4.42. The van der Waals surface area contributed by atoms with Crippen molar-refractivity contribution < 1.29 is 19.2 Å². The summed E-state index contributed by atoms with van der Waals surface area (Å²) in [5.74, 6) is -0.495. The molecule has 1 aliphatic heterocycles.